The molecule has 1 fully saturated rings. The molecule has 1 aliphatic rings. The fraction of sp³-hybridized carbons (Fsp3) is 0.474. The first-order valence-electron chi connectivity index (χ1n) is 8.74. The largest absolute Gasteiger partial charge is 0.494 e. The lowest BCUT2D eigenvalue weighted by molar-refractivity contribution is 0.0627. The van der Waals surface area contributed by atoms with Crippen molar-refractivity contribution in [3.05, 3.63) is 46.8 Å². The summed E-state index contributed by atoms with van der Waals surface area (Å²) in [6, 6.07) is 7.41. The predicted octanol–water partition coefficient (Wildman–Crippen LogP) is 2.65. The number of aryl methyl sites for hydroxylation is 2. The van der Waals surface area contributed by atoms with Gasteiger partial charge in [0.15, 0.2) is 0 Å². The van der Waals surface area contributed by atoms with Crippen LogP contribution in [0, 0.1) is 13.8 Å². The second-order valence-electron chi connectivity index (χ2n) is 6.33. The summed E-state index contributed by atoms with van der Waals surface area (Å²) in [4.78, 5) is 17.0. The lowest BCUT2D eigenvalue weighted by Gasteiger charge is -2.34. The molecule has 1 amide bonds. The smallest absolute Gasteiger partial charge is 0.254 e. The molecule has 2 aromatic rings. The molecule has 0 saturated carbocycles. The zero-order chi connectivity index (χ0) is 17.8. The molecular weight excluding hydrogens is 318 g/mol. The number of benzene rings is 1. The van der Waals surface area contributed by atoms with Crippen molar-refractivity contribution in [2.45, 2.75) is 27.3 Å². The van der Waals surface area contributed by atoms with Crippen LogP contribution in [0.25, 0.3) is 0 Å². The molecule has 1 aromatic heterocycles. The maximum absolute atomic E-state index is 12.7. The Bertz CT molecular complexity index is 714. The number of carbonyl (C=O) groups excluding carboxylic acids is 1. The molecule has 0 spiro atoms. The monoisotopic (exact) mass is 343 g/mol. The summed E-state index contributed by atoms with van der Waals surface area (Å²) in [6.45, 7) is 10.4. The molecule has 6 heteroatoms. The van der Waals surface area contributed by atoms with E-state index in [1.807, 2.05) is 49.9 Å². The Morgan fingerprint density at radius 2 is 2.00 bits per heavy atom. The Labute approximate surface area is 148 Å². The van der Waals surface area contributed by atoms with Gasteiger partial charge in [-0.15, -0.1) is 0 Å². The van der Waals surface area contributed by atoms with E-state index in [1.54, 1.807) is 0 Å². The molecule has 2 heterocycles. The van der Waals surface area contributed by atoms with Crippen LogP contribution in [0.1, 0.15) is 34.3 Å². The van der Waals surface area contributed by atoms with Gasteiger partial charge in [-0.25, -0.2) is 0 Å². The number of ether oxygens (including phenoxy) is 1. The first kappa shape index (κ1) is 17.5. The SMILES string of the molecule is CCOc1cccc(C(=O)N2CCN(Cc3c(C)noc3C)CC2)c1. The van der Waals surface area contributed by atoms with Crippen molar-refractivity contribution in [1.82, 2.24) is 15.0 Å². The van der Waals surface area contributed by atoms with E-state index in [1.165, 1.54) is 0 Å². The number of piperazine rings is 1. The van der Waals surface area contributed by atoms with E-state index in [2.05, 4.69) is 10.1 Å². The lowest BCUT2D eigenvalue weighted by Crippen LogP contribution is -2.48. The van der Waals surface area contributed by atoms with Gasteiger partial charge >= 0.3 is 0 Å². The van der Waals surface area contributed by atoms with Gasteiger partial charge in [0, 0.05) is 43.9 Å². The molecule has 0 unspecified atom stereocenters. The molecule has 0 atom stereocenters. The van der Waals surface area contributed by atoms with Crippen LogP contribution in [0.2, 0.25) is 0 Å². The highest BCUT2D eigenvalue weighted by atomic mass is 16.5. The van der Waals surface area contributed by atoms with Gasteiger partial charge in [0.25, 0.3) is 5.91 Å². The fourth-order valence-corrected chi connectivity index (χ4v) is 3.13. The Balaban J connectivity index is 1.58. The van der Waals surface area contributed by atoms with Crippen molar-refractivity contribution < 1.29 is 14.1 Å². The van der Waals surface area contributed by atoms with Gasteiger partial charge in [-0.3, -0.25) is 9.69 Å². The molecule has 1 saturated heterocycles. The standard InChI is InChI=1S/C19H25N3O3/c1-4-24-17-7-5-6-16(12-17)19(23)22-10-8-21(9-11-22)13-18-14(2)20-25-15(18)3/h5-7,12H,4,8-11,13H2,1-3H3. The summed E-state index contributed by atoms with van der Waals surface area (Å²) in [6.07, 6.45) is 0. The number of hydrogen-bond donors (Lipinski definition) is 0. The van der Waals surface area contributed by atoms with E-state index in [-0.39, 0.29) is 5.91 Å². The fourth-order valence-electron chi connectivity index (χ4n) is 3.13. The van der Waals surface area contributed by atoms with Crippen molar-refractivity contribution in [2.75, 3.05) is 32.8 Å². The maximum atomic E-state index is 12.7. The minimum Gasteiger partial charge on any atom is -0.494 e. The maximum Gasteiger partial charge on any atom is 0.254 e. The Hall–Kier alpha value is -2.34. The molecule has 0 bridgehead atoms. The number of carbonyl (C=O) groups is 1. The number of amides is 1. The summed E-state index contributed by atoms with van der Waals surface area (Å²) in [5, 5.41) is 4.01. The van der Waals surface area contributed by atoms with Crippen LogP contribution in [-0.2, 0) is 6.54 Å². The van der Waals surface area contributed by atoms with E-state index in [9.17, 15) is 4.79 Å². The second kappa shape index (κ2) is 7.70. The molecule has 134 valence electrons. The molecule has 0 aliphatic carbocycles. The third kappa shape index (κ3) is 4.02. The van der Waals surface area contributed by atoms with Gasteiger partial charge in [-0.2, -0.15) is 0 Å². The van der Waals surface area contributed by atoms with Crippen LogP contribution in [-0.4, -0.2) is 53.6 Å². The Morgan fingerprint density at radius 3 is 2.64 bits per heavy atom. The summed E-state index contributed by atoms with van der Waals surface area (Å²) in [7, 11) is 0. The highest BCUT2D eigenvalue weighted by Gasteiger charge is 2.23. The van der Waals surface area contributed by atoms with Gasteiger partial charge in [-0.1, -0.05) is 11.2 Å². The van der Waals surface area contributed by atoms with Gasteiger partial charge in [0.1, 0.15) is 11.5 Å². The van der Waals surface area contributed by atoms with Gasteiger partial charge < -0.3 is 14.2 Å². The van der Waals surface area contributed by atoms with E-state index >= 15 is 0 Å². The predicted molar refractivity (Wildman–Crippen MR) is 94.8 cm³/mol. The molecule has 3 rings (SSSR count). The summed E-state index contributed by atoms with van der Waals surface area (Å²) < 4.78 is 10.7. The van der Waals surface area contributed by atoms with E-state index in [4.69, 9.17) is 9.26 Å². The van der Waals surface area contributed by atoms with Gasteiger partial charge in [0.05, 0.1) is 12.3 Å². The normalized spacial score (nSPS) is 15.4. The summed E-state index contributed by atoms with van der Waals surface area (Å²) in [5.74, 6) is 1.69. The summed E-state index contributed by atoms with van der Waals surface area (Å²) in [5.41, 5.74) is 2.79. The third-order valence-electron chi connectivity index (χ3n) is 4.61. The molecule has 6 nitrogen and oxygen atoms in total. The van der Waals surface area contributed by atoms with Crippen LogP contribution < -0.4 is 4.74 Å². The Morgan fingerprint density at radius 1 is 1.24 bits per heavy atom. The van der Waals surface area contributed by atoms with Crippen molar-refractivity contribution >= 4 is 5.91 Å². The van der Waals surface area contributed by atoms with Crippen LogP contribution in [0.3, 0.4) is 0 Å². The van der Waals surface area contributed by atoms with Crippen LogP contribution in [0.15, 0.2) is 28.8 Å². The zero-order valence-electron chi connectivity index (χ0n) is 15.1. The number of hydrogen-bond acceptors (Lipinski definition) is 5. The molecule has 25 heavy (non-hydrogen) atoms. The third-order valence-corrected chi connectivity index (χ3v) is 4.61. The Kier molecular flexibility index (Phi) is 5.38. The van der Waals surface area contributed by atoms with E-state index in [0.29, 0.717) is 12.2 Å². The first-order chi connectivity index (χ1) is 12.1. The minimum absolute atomic E-state index is 0.0681. The number of aromatic nitrogens is 1. The van der Waals surface area contributed by atoms with Crippen molar-refractivity contribution in [3.63, 3.8) is 0 Å². The van der Waals surface area contributed by atoms with Crippen LogP contribution in [0.5, 0.6) is 5.75 Å². The molecule has 1 aliphatic heterocycles. The topological polar surface area (TPSA) is 58.8 Å². The van der Waals surface area contributed by atoms with E-state index in [0.717, 1.165) is 55.5 Å². The van der Waals surface area contributed by atoms with Crippen molar-refractivity contribution in [2.24, 2.45) is 0 Å². The molecule has 0 radical (unpaired) electrons. The quantitative estimate of drug-likeness (QED) is 0.835. The van der Waals surface area contributed by atoms with Gasteiger partial charge in [-0.05, 0) is 39.0 Å². The minimum atomic E-state index is 0.0681. The van der Waals surface area contributed by atoms with Crippen molar-refractivity contribution in [1.29, 1.82) is 0 Å². The first-order valence-corrected chi connectivity index (χ1v) is 8.74. The number of nitrogens with zero attached hydrogens (tertiary/aromatic N) is 3. The average Bonchev–Trinajstić information content (AvgIpc) is 2.94. The number of rotatable bonds is 5. The highest BCUT2D eigenvalue weighted by Crippen LogP contribution is 2.18. The van der Waals surface area contributed by atoms with E-state index < -0.39 is 0 Å². The van der Waals surface area contributed by atoms with Crippen LogP contribution in [0.4, 0.5) is 0 Å². The lowest BCUT2D eigenvalue weighted by atomic mass is 10.1. The zero-order valence-corrected chi connectivity index (χ0v) is 15.1. The van der Waals surface area contributed by atoms with Gasteiger partial charge in [0.2, 0.25) is 0 Å². The highest BCUT2D eigenvalue weighted by molar-refractivity contribution is 5.94. The summed E-state index contributed by atoms with van der Waals surface area (Å²) >= 11 is 0. The van der Waals surface area contributed by atoms with Crippen molar-refractivity contribution in [3.8, 4) is 5.75 Å². The molecular formula is C19H25N3O3. The average molecular weight is 343 g/mol. The molecule has 1 aromatic carbocycles. The molecule has 0 N–H and O–H groups in total. The second-order valence-corrected chi connectivity index (χ2v) is 6.33. The van der Waals surface area contributed by atoms with Crippen LogP contribution >= 0.6 is 0 Å².